The first-order valence-electron chi connectivity index (χ1n) is 8.31. The predicted octanol–water partition coefficient (Wildman–Crippen LogP) is 3.43. The van der Waals surface area contributed by atoms with Crippen LogP contribution in [0.4, 0.5) is 0 Å². The molecule has 6 heteroatoms. The lowest BCUT2D eigenvalue weighted by atomic mass is 10.1. The molecule has 0 fully saturated rings. The molecular weight excluding hydrogens is 417 g/mol. The minimum Gasteiger partial charge on any atom is -0.491 e. The van der Waals surface area contributed by atoms with Crippen LogP contribution < -0.4 is 15.4 Å². The van der Waals surface area contributed by atoms with Gasteiger partial charge in [-0.1, -0.05) is 26.0 Å². The minimum atomic E-state index is 0. The lowest BCUT2D eigenvalue weighted by Crippen LogP contribution is -2.37. The molecule has 0 saturated carbocycles. The molecule has 0 aliphatic carbocycles. The van der Waals surface area contributed by atoms with Gasteiger partial charge in [0.1, 0.15) is 12.4 Å². The molecule has 0 heterocycles. The van der Waals surface area contributed by atoms with Gasteiger partial charge in [-0.25, -0.2) is 0 Å². The number of halogens is 1. The van der Waals surface area contributed by atoms with Crippen molar-refractivity contribution in [3.63, 3.8) is 0 Å². The maximum absolute atomic E-state index is 5.55. The first kappa shape index (κ1) is 23.0. The fourth-order valence-electron chi connectivity index (χ4n) is 2.07. The van der Waals surface area contributed by atoms with Crippen molar-refractivity contribution >= 4 is 29.9 Å². The van der Waals surface area contributed by atoms with Gasteiger partial charge in [0.2, 0.25) is 0 Å². The average molecular weight is 449 g/mol. The molecule has 1 aromatic rings. The van der Waals surface area contributed by atoms with Crippen molar-refractivity contribution in [1.82, 2.24) is 10.6 Å². The Labute approximate surface area is 163 Å². The predicted molar refractivity (Wildman–Crippen MR) is 112 cm³/mol. The minimum absolute atomic E-state index is 0. The number of hydrogen-bond donors (Lipinski definition) is 2. The van der Waals surface area contributed by atoms with Crippen molar-refractivity contribution in [2.24, 2.45) is 10.9 Å². The Bertz CT molecular complexity index is 450. The average Bonchev–Trinajstić information content (AvgIpc) is 2.55. The molecule has 0 radical (unpaired) electrons. The van der Waals surface area contributed by atoms with E-state index in [0.29, 0.717) is 13.2 Å². The highest BCUT2D eigenvalue weighted by molar-refractivity contribution is 14.0. The number of guanidine groups is 1. The summed E-state index contributed by atoms with van der Waals surface area (Å²) in [6, 6.07) is 8.07. The summed E-state index contributed by atoms with van der Waals surface area (Å²) in [6.45, 7) is 7.35. The van der Waals surface area contributed by atoms with Crippen LogP contribution in [0.5, 0.6) is 5.75 Å². The molecule has 0 bridgehead atoms. The third-order valence-electron chi connectivity index (χ3n) is 3.41. The smallest absolute Gasteiger partial charge is 0.191 e. The van der Waals surface area contributed by atoms with Crippen molar-refractivity contribution < 1.29 is 9.47 Å². The van der Waals surface area contributed by atoms with E-state index in [1.165, 1.54) is 12.0 Å². The highest BCUT2D eigenvalue weighted by atomic mass is 127. The molecule has 0 amide bonds. The van der Waals surface area contributed by atoms with E-state index in [9.17, 15) is 0 Å². The standard InChI is InChI=1S/C18H31N3O2.HI/c1-15(2)6-5-11-20-18(19-3)21-14-16-7-9-17(10-8-16)23-13-12-22-4;/h7-10,15H,5-6,11-14H2,1-4H3,(H2,19,20,21);1H. The van der Waals surface area contributed by atoms with Crippen LogP contribution in [-0.4, -0.2) is 39.9 Å². The monoisotopic (exact) mass is 449 g/mol. The van der Waals surface area contributed by atoms with Gasteiger partial charge in [0.25, 0.3) is 0 Å². The van der Waals surface area contributed by atoms with E-state index in [1.54, 1.807) is 14.2 Å². The molecule has 0 saturated heterocycles. The number of methoxy groups -OCH3 is 1. The molecule has 0 spiro atoms. The largest absolute Gasteiger partial charge is 0.491 e. The Morgan fingerprint density at radius 3 is 2.42 bits per heavy atom. The second kappa shape index (κ2) is 14.3. The van der Waals surface area contributed by atoms with Crippen molar-refractivity contribution in [2.45, 2.75) is 33.2 Å². The van der Waals surface area contributed by atoms with Gasteiger partial charge in [0.15, 0.2) is 5.96 Å². The molecule has 5 nitrogen and oxygen atoms in total. The maximum atomic E-state index is 5.55. The highest BCUT2D eigenvalue weighted by Gasteiger charge is 2.00. The summed E-state index contributed by atoms with van der Waals surface area (Å²) < 4.78 is 10.5. The number of nitrogens with zero attached hydrogens (tertiary/aromatic N) is 1. The van der Waals surface area contributed by atoms with Crippen LogP contribution in [0.15, 0.2) is 29.3 Å². The van der Waals surface area contributed by atoms with Crippen LogP contribution in [0.25, 0.3) is 0 Å². The summed E-state index contributed by atoms with van der Waals surface area (Å²) in [5, 5.41) is 6.66. The summed E-state index contributed by atoms with van der Waals surface area (Å²) in [4.78, 5) is 4.24. The number of hydrogen-bond acceptors (Lipinski definition) is 3. The quantitative estimate of drug-likeness (QED) is 0.249. The van der Waals surface area contributed by atoms with Crippen LogP contribution in [0, 0.1) is 5.92 Å². The molecule has 138 valence electrons. The Kier molecular flexibility index (Phi) is 13.7. The lowest BCUT2D eigenvalue weighted by Gasteiger charge is -2.13. The van der Waals surface area contributed by atoms with Crippen molar-refractivity contribution in [2.75, 3.05) is 33.9 Å². The second-order valence-corrected chi connectivity index (χ2v) is 5.87. The van der Waals surface area contributed by atoms with E-state index in [-0.39, 0.29) is 24.0 Å². The van der Waals surface area contributed by atoms with E-state index >= 15 is 0 Å². The number of nitrogens with one attached hydrogen (secondary N) is 2. The van der Waals surface area contributed by atoms with Crippen LogP contribution in [0.2, 0.25) is 0 Å². The third-order valence-corrected chi connectivity index (χ3v) is 3.41. The summed E-state index contributed by atoms with van der Waals surface area (Å²) in [7, 11) is 3.46. The molecule has 2 N–H and O–H groups in total. The normalized spacial score (nSPS) is 11.1. The number of benzene rings is 1. The zero-order chi connectivity index (χ0) is 16.9. The summed E-state index contributed by atoms with van der Waals surface area (Å²) in [6.07, 6.45) is 2.39. The van der Waals surface area contributed by atoms with Gasteiger partial charge >= 0.3 is 0 Å². The number of aliphatic imine (C=N–C) groups is 1. The van der Waals surface area contributed by atoms with E-state index < -0.39 is 0 Å². The highest BCUT2D eigenvalue weighted by Crippen LogP contribution is 2.11. The Balaban J connectivity index is 0.00000529. The van der Waals surface area contributed by atoms with E-state index in [4.69, 9.17) is 9.47 Å². The molecule has 1 aromatic carbocycles. The fraction of sp³-hybridized carbons (Fsp3) is 0.611. The first-order valence-corrected chi connectivity index (χ1v) is 8.31. The summed E-state index contributed by atoms with van der Waals surface area (Å²) in [5.41, 5.74) is 1.19. The Morgan fingerprint density at radius 1 is 1.12 bits per heavy atom. The molecule has 0 atom stereocenters. The van der Waals surface area contributed by atoms with Gasteiger partial charge in [0, 0.05) is 27.2 Å². The van der Waals surface area contributed by atoms with Crippen molar-refractivity contribution in [3.05, 3.63) is 29.8 Å². The van der Waals surface area contributed by atoms with Gasteiger partial charge in [-0.2, -0.15) is 0 Å². The van der Waals surface area contributed by atoms with Crippen LogP contribution in [-0.2, 0) is 11.3 Å². The summed E-state index contributed by atoms with van der Waals surface area (Å²) in [5.74, 6) is 2.45. The fourth-order valence-corrected chi connectivity index (χ4v) is 2.07. The number of rotatable bonds is 10. The van der Waals surface area contributed by atoms with Crippen LogP contribution in [0.3, 0.4) is 0 Å². The number of ether oxygens (including phenoxy) is 2. The first-order chi connectivity index (χ1) is 11.2. The molecule has 1 rings (SSSR count). The van der Waals surface area contributed by atoms with Gasteiger partial charge in [-0.05, 0) is 36.5 Å². The Morgan fingerprint density at radius 2 is 1.83 bits per heavy atom. The van der Waals surface area contributed by atoms with Gasteiger partial charge in [0.05, 0.1) is 6.61 Å². The third kappa shape index (κ3) is 10.7. The van der Waals surface area contributed by atoms with E-state index in [0.717, 1.165) is 37.1 Å². The molecule has 24 heavy (non-hydrogen) atoms. The second-order valence-electron chi connectivity index (χ2n) is 5.87. The lowest BCUT2D eigenvalue weighted by molar-refractivity contribution is 0.146. The van der Waals surface area contributed by atoms with Crippen LogP contribution in [0.1, 0.15) is 32.3 Å². The van der Waals surface area contributed by atoms with Crippen molar-refractivity contribution in [1.29, 1.82) is 0 Å². The zero-order valence-corrected chi connectivity index (χ0v) is 17.6. The topological polar surface area (TPSA) is 54.9 Å². The molecular formula is C18H32IN3O2. The van der Waals surface area contributed by atoms with Gasteiger partial charge in [-0.15, -0.1) is 24.0 Å². The SMILES string of the molecule is CN=C(NCCCC(C)C)NCc1ccc(OCCOC)cc1.I. The Hall–Kier alpha value is -1.02. The van der Waals surface area contributed by atoms with Gasteiger partial charge in [-0.3, -0.25) is 4.99 Å². The maximum Gasteiger partial charge on any atom is 0.191 e. The summed E-state index contributed by atoms with van der Waals surface area (Å²) >= 11 is 0. The molecule has 0 aliphatic rings. The van der Waals surface area contributed by atoms with E-state index in [1.807, 2.05) is 12.1 Å². The molecule has 0 unspecified atom stereocenters. The molecule has 0 aromatic heterocycles. The molecule has 0 aliphatic heterocycles. The van der Waals surface area contributed by atoms with Crippen molar-refractivity contribution in [3.8, 4) is 5.75 Å². The van der Waals surface area contributed by atoms with Crippen LogP contribution >= 0.6 is 24.0 Å². The van der Waals surface area contributed by atoms with E-state index in [2.05, 4.69) is 41.6 Å². The van der Waals surface area contributed by atoms with Gasteiger partial charge < -0.3 is 20.1 Å². The zero-order valence-electron chi connectivity index (χ0n) is 15.3.